The average Bonchev–Trinajstić information content (AvgIpc) is 3.36. The fourth-order valence-electron chi connectivity index (χ4n) is 3.65. The third kappa shape index (κ3) is 2.45. The number of anilines is 1. The Balaban J connectivity index is 2.01. The van der Waals surface area contributed by atoms with E-state index >= 15 is 0 Å². The van der Waals surface area contributed by atoms with Gasteiger partial charge in [0.05, 0.1) is 18.8 Å². The number of pyridine rings is 1. The summed E-state index contributed by atoms with van der Waals surface area (Å²) in [5.41, 5.74) is 2.12. The summed E-state index contributed by atoms with van der Waals surface area (Å²) >= 11 is 0. The minimum absolute atomic E-state index is 0.140. The number of esters is 1. The molecule has 122 valence electrons. The first kappa shape index (κ1) is 15.8. The number of nitriles is 1. The second-order valence-electron chi connectivity index (χ2n) is 6.24. The molecule has 1 aliphatic carbocycles. The molecular formula is C17H21N3O3. The number of piperidine rings is 1. The molecule has 1 saturated heterocycles. The molecule has 2 heterocycles. The van der Waals surface area contributed by atoms with E-state index in [1.165, 1.54) is 7.11 Å². The minimum Gasteiger partial charge on any atom is -0.465 e. The maximum Gasteiger partial charge on any atom is 0.341 e. The van der Waals surface area contributed by atoms with Gasteiger partial charge in [-0.25, -0.2) is 9.78 Å². The maximum atomic E-state index is 12.0. The summed E-state index contributed by atoms with van der Waals surface area (Å²) < 4.78 is 10.3. The lowest BCUT2D eigenvalue weighted by atomic mass is 10.0. The summed E-state index contributed by atoms with van der Waals surface area (Å²) in [6.07, 6.45) is 2.38. The largest absolute Gasteiger partial charge is 0.465 e. The molecule has 6 nitrogen and oxygen atoms in total. The summed E-state index contributed by atoms with van der Waals surface area (Å²) in [6.45, 7) is 4.65. The van der Waals surface area contributed by atoms with E-state index < -0.39 is 5.97 Å². The molecule has 6 heteroatoms. The fraction of sp³-hybridized carbons (Fsp3) is 0.588. The zero-order chi connectivity index (χ0) is 16.7. The second-order valence-corrected chi connectivity index (χ2v) is 6.24. The zero-order valence-electron chi connectivity index (χ0n) is 13.9. The molecule has 2 fully saturated rings. The lowest BCUT2D eigenvalue weighted by Gasteiger charge is -2.33. The molecule has 2 aliphatic rings. The summed E-state index contributed by atoms with van der Waals surface area (Å²) in [4.78, 5) is 18.7. The van der Waals surface area contributed by atoms with Crippen molar-refractivity contribution in [2.45, 2.75) is 38.8 Å². The Labute approximate surface area is 136 Å². The molecule has 3 unspecified atom stereocenters. The van der Waals surface area contributed by atoms with Gasteiger partial charge >= 0.3 is 5.97 Å². The van der Waals surface area contributed by atoms with Crippen molar-refractivity contribution in [3.63, 3.8) is 0 Å². The highest BCUT2D eigenvalue weighted by Gasteiger charge is 2.51. The van der Waals surface area contributed by atoms with Crippen LogP contribution in [0.1, 0.15) is 40.0 Å². The Morgan fingerprint density at radius 3 is 2.70 bits per heavy atom. The van der Waals surface area contributed by atoms with E-state index in [9.17, 15) is 10.1 Å². The first-order valence-electron chi connectivity index (χ1n) is 7.82. The molecule has 0 amide bonds. The number of carbonyl (C=O) groups is 1. The molecule has 3 atom stereocenters. The topological polar surface area (TPSA) is 75.5 Å². The minimum atomic E-state index is -0.511. The smallest absolute Gasteiger partial charge is 0.341 e. The zero-order valence-corrected chi connectivity index (χ0v) is 13.9. The molecule has 0 aromatic carbocycles. The van der Waals surface area contributed by atoms with E-state index in [1.807, 2.05) is 19.9 Å². The number of hydrogen-bond acceptors (Lipinski definition) is 6. The fourth-order valence-corrected chi connectivity index (χ4v) is 3.65. The van der Waals surface area contributed by atoms with Gasteiger partial charge in [-0.05, 0) is 37.8 Å². The molecule has 1 aromatic heterocycles. The van der Waals surface area contributed by atoms with Crippen LogP contribution >= 0.6 is 0 Å². The van der Waals surface area contributed by atoms with Gasteiger partial charge in [0.25, 0.3) is 0 Å². The molecule has 0 radical (unpaired) electrons. The molecule has 0 spiro atoms. The Hall–Kier alpha value is -2.13. The van der Waals surface area contributed by atoms with Crippen LogP contribution in [0.2, 0.25) is 0 Å². The van der Waals surface area contributed by atoms with Crippen LogP contribution in [0, 0.1) is 31.1 Å². The van der Waals surface area contributed by atoms with E-state index in [0.717, 1.165) is 36.3 Å². The Kier molecular flexibility index (Phi) is 3.99. The van der Waals surface area contributed by atoms with Crippen LogP contribution in [0.15, 0.2) is 0 Å². The van der Waals surface area contributed by atoms with Crippen LogP contribution in [0.5, 0.6) is 0 Å². The molecule has 0 N–H and O–H groups in total. The van der Waals surface area contributed by atoms with Crippen molar-refractivity contribution in [2.75, 3.05) is 25.7 Å². The number of methoxy groups -OCH3 is 2. The van der Waals surface area contributed by atoms with Crippen molar-refractivity contribution in [2.24, 2.45) is 5.92 Å². The summed E-state index contributed by atoms with van der Waals surface area (Å²) in [6, 6.07) is 2.47. The highest BCUT2D eigenvalue weighted by Crippen LogP contribution is 2.46. The van der Waals surface area contributed by atoms with E-state index in [-0.39, 0.29) is 11.3 Å². The first-order valence-corrected chi connectivity index (χ1v) is 7.82. The Bertz CT molecular complexity index is 695. The van der Waals surface area contributed by atoms with Gasteiger partial charge in [-0.2, -0.15) is 5.26 Å². The van der Waals surface area contributed by atoms with Crippen LogP contribution in [0.4, 0.5) is 5.82 Å². The third-order valence-corrected chi connectivity index (χ3v) is 5.13. The molecular weight excluding hydrogens is 294 g/mol. The van der Waals surface area contributed by atoms with E-state index in [2.05, 4.69) is 9.88 Å². The Morgan fingerprint density at radius 2 is 2.09 bits per heavy atom. The van der Waals surface area contributed by atoms with Crippen molar-refractivity contribution >= 4 is 11.8 Å². The second kappa shape index (κ2) is 5.82. The van der Waals surface area contributed by atoms with Gasteiger partial charge in [-0.3, -0.25) is 0 Å². The van der Waals surface area contributed by atoms with Crippen molar-refractivity contribution in [3.8, 4) is 6.07 Å². The van der Waals surface area contributed by atoms with E-state index in [4.69, 9.17) is 9.47 Å². The van der Waals surface area contributed by atoms with Crippen molar-refractivity contribution in [1.82, 2.24) is 4.98 Å². The SMILES string of the molecule is COC(=O)c1c(C#N)nc(N2CCC(OC)C3CC32)c(C)c1C. The highest BCUT2D eigenvalue weighted by atomic mass is 16.5. The standard InChI is InChI=1S/C17H21N3O3/c1-9-10(2)16(19-12(8-18)15(9)17(21)23-4)20-6-5-14(22-3)11-7-13(11)20/h11,13-14H,5-7H2,1-4H3. The number of hydrogen-bond donors (Lipinski definition) is 0. The number of fused-ring (bicyclic) bond motifs is 1. The molecule has 1 aliphatic heterocycles. The monoisotopic (exact) mass is 315 g/mol. The average molecular weight is 315 g/mol. The maximum absolute atomic E-state index is 12.0. The number of carbonyl (C=O) groups excluding carboxylic acids is 1. The number of aromatic nitrogens is 1. The predicted octanol–water partition coefficient (Wildman–Crippen LogP) is 1.97. The Morgan fingerprint density at radius 1 is 1.35 bits per heavy atom. The van der Waals surface area contributed by atoms with Crippen LogP contribution < -0.4 is 4.90 Å². The van der Waals surface area contributed by atoms with Crippen LogP contribution in [-0.2, 0) is 9.47 Å². The van der Waals surface area contributed by atoms with Gasteiger partial charge in [0, 0.05) is 25.6 Å². The third-order valence-electron chi connectivity index (χ3n) is 5.13. The number of ether oxygens (including phenoxy) is 2. The number of nitrogens with zero attached hydrogens (tertiary/aromatic N) is 3. The van der Waals surface area contributed by atoms with Gasteiger partial charge in [-0.1, -0.05) is 0 Å². The van der Waals surface area contributed by atoms with Crippen LogP contribution in [0.3, 0.4) is 0 Å². The van der Waals surface area contributed by atoms with Gasteiger partial charge < -0.3 is 14.4 Å². The molecule has 0 bridgehead atoms. The highest BCUT2D eigenvalue weighted by molar-refractivity contribution is 5.94. The van der Waals surface area contributed by atoms with Gasteiger partial charge in [0.1, 0.15) is 11.9 Å². The lowest BCUT2D eigenvalue weighted by Crippen LogP contribution is -2.39. The molecule has 3 rings (SSSR count). The van der Waals surface area contributed by atoms with Crippen molar-refractivity contribution in [1.29, 1.82) is 5.26 Å². The summed E-state index contributed by atoms with van der Waals surface area (Å²) in [5, 5.41) is 9.40. The van der Waals surface area contributed by atoms with Gasteiger partial charge in [0.2, 0.25) is 0 Å². The van der Waals surface area contributed by atoms with Crippen LogP contribution in [-0.4, -0.2) is 43.9 Å². The number of rotatable bonds is 3. The molecule has 23 heavy (non-hydrogen) atoms. The predicted molar refractivity (Wildman–Crippen MR) is 84.4 cm³/mol. The molecule has 1 aromatic rings. The quantitative estimate of drug-likeness (QED) is 0.794. The van der Waals surface area contributed by atoms with Crippen molar-refractivity contribution in [3.05, 3.63) is 22.4 Å². The normalized spacial score (nSPS) is 25.5. The van der Waals surface area contributed by atoms with Crippen molar-refractivity contribution < 1.29 is 14.3 Å². The van der Waals surface area contributed by atoms with E-state index in [1.54, 1.807) is 7.11 Å². The molecule has 1 saturated carbocycles. The first-order chi connectivity index (χ1) is 11.0. The van der Waals surface area contributed by atoms with Gasteiger partial charge in [0.15, 0.2) is 5.69 Å². The van der Waals surface area contributed by atoms with Crippen LogP contribution in [0.25, 0.3) is 0 Å². The summed E-state index contributed by atoms with van der Waals surface area (Å²) in [7, 11) is 3.08. The lowest BCUT2D eigenvalue weighted by molar-refractivity contribution is 0.0599. The summed E-state index contributed by atoms with van der Waals surface area (Å²) in [5.74, 6) is 0.846. The van der Waals surface area contributed by atoms with Gasteiger partial charge in [-0.15, -0.1) is 0 Å². The van der Waals surface area contributed by atoms with E-state index in [0.29, 0.717) is 18.1 Å².